The molecule has 1 aromatic heterocycles. The second-order valence-electron chi connectivity index (χ2n) is 8.10. The van der Waals surface area contributed by atoms with E-state index >= 15 is 0 Å². The molecule has 0 saturated heterocycles. The Morgan fingerprint density at radius 3 is 2.06 bits per heavy atom. The van der Waals surface area contributed by atoms with Gasteiger partial charge in [0.15, 0.2) is 6.39 Å². The molecule has 0 bridgehead atoms. The van der Waals surface area contributed by atoms with E-state index in [4.69, 9.17) is 16.0 Å². The molecular formula is C30H26ClINOPS. The molecule has 0 amide bonds. The minimum atomic E-state index is -0.826. The summed E-state index contributed by atoms with van der Waals surface area (Å²) in [5.74, 6) is 1.06. The highest BCUT2D eigenvalue weighted by Crippen LogP contribution is 2.43. The average Bonchev–Trinajstić information content (AvgIpc) is 3.44. The Balaban J connectivity index is 0.00000304. The maximum atomic E-state index is 6.29. The quantitative estimate of drug-likeness (QED) is 0.0965. The van der Waals surface area contributed by atoms with Gasteiger partial charge in [0.05, 0.1) is 0 Å². The Kier molecular flexibility index (Phi) is 9.66. The zero-order valence-corrected chi connectivity index (χ0v) is 24.6. The van der Waals surface area contributed by atoms with Gasteiger partial charge in [-0.1, -0.05) is 91.3 Å². The first-order chi connectivity index (χ1) is 17.2. The molecule has 182 valence electrons. The zero-order valence-electron chi connectivity index (χ0n) is 19.8. The van der Waals surface area contributed by atoms with E-state index in [2.05, 4.69) is 96.8 Å². The standard InChI is InChI=1S/C30H25ClNOPS.HI/c1-2-17-35-26-18-27(28-20-33-21-32-28)30(22-13-15-23(31)16-14-22)29(19-26)34(24-9-5-3-6-10-24)25-11-7-4-8-12-25;/h3-16,18-21H,2,17H2,1H3;1H. The lowest BCUT2D eigenvalue weighted by molar-refractivity contribution is 0.558. The molecule has 0 radical (unpaired) electrons. The Morgan fingerprint density at radius 2 is 1.50 bits per heavy atom. The van der Waals surface area contributed by atoms with Gasteiger partial charge in [0.1, 0.15) is 12.0 Å². The minimum absolute atomic E-state index is 0. The summed E-state index contributed by atoms with van der Waals surface area (Å²) in [4.78, 5) is 5.81. The summed E-state index contributed by atoms with van der Waals surface area (Å²) in [7, 11) is -0.826. The number of hydrogen-bond donors (Lipinski definition) is 0. The van der Waals surface area contributed by atoms with Crippen LogP contribution >= 0.6 is 55.3 Å². The van der Waals surface area contributed by atoms with Crippen LogP contribution in [0.3, 0.4) is 0 Å². The van der Waals surface area contributed by atoms with Crippen LogP contribution < -0.4 is 15.9 Å². The van der Waals surface area contributed by atoms with Gasteiger partial charge in [-0.3, -0.25) is 0 Å². The number of hydrogen-bond acceptors (Lipinski definition) is 3. The molecule has 0 atom stereocenters. The van der Waals surface area contributed by atoms with E-state index in [1.54, 1.807) is 6.26 Å². The molecular weight excluding hydrogens is 616 g/mol. The van der Waals surface area contributed by atoms with Gasteiger partial charge in [0.25, 0.3) is 0 Å². The third-order valence-corrected chi connectivity index (χ3v) is 9.57. The zero-order chi connectivity index (χ0) is 24.0. The van der Waals surface area contributed by atoms with Crippen molar-refractivity contribution in [1.29, 1.82) is 0 Å². The first-order valence-electron chi connectivity index (χ1n) is 11.6. The van der Waals surface area contributed by atoms with Gasteiger partial charge in [-0.2, -0.15) is 0 Å². The maximum Gasteiger partial charge on any atom is 0.181 e. The van der Waals surface area contributed by atoms with Crippen molar-refractivity contribution in [2.24, 2.45) is 0 Å². The minimum Gasteiger partial charge on any atom is -0.451 e. The summed E-state index contributed by atoms with van der Waals surface area (Å²) in [5.41, 5.74) is 4.21. The Hall–Kier alpha value is -2.11. The molecule has 2 nitrogen and oxygen atoms in total. The fourth-order valence-corrected chi connectivity index (χ4v) is 7.72. The molecule has 5 rings (SSSR count). The summed E-state index contributed by atoms with van der Waals surface area (Å²) in [6, 6.07) is 34.4. The van der Waals surface area contributed by atoms with Crippen molar-refractivity contribution in [2.45, 2.75) is 18.2 Å². The van der Waals surface area contributed by atoms with Crippen molar-refractivity contribution in [3.63, 3.8) is 0 Å². The second kappa shape index (κ2) is 12.9. The molecule has 4 aromatic carbocycles. The Morgan fingerprint density at radius 1 is 0.861 bits per heavy atom. The molecule has 0 N–H and O–H groups in total. The number of nitrogens with zero attached hydrogens (tertiary/aromatic N) is 1. The third-order valence-electron chi connectivity index (χ3n) is 5.67. The van der Waals surface area contributed by atoms with Gasteiger partial charge in [0, 0.05) is 15.5 Å². The molecule has 0 spiro atoms. The van der Waals surface area contributed by atoms with Gasteiger partial charge in [-0.05, 0) is 71.4 Å². The molecule has 0 aliphatic heterocycles. The molecule has 6 heteroatoms. The van der Waals surface area contributed by atoms with Crippen molar-refractivity contribution in [1.82, 2.24) is 4.98 Å². The van der Waals surface area contributed by atoms with Gasteiger partial charge >= 0.3 is 0 Å². The average molecular weight is 642 g/mol. The summed E-state index contributed by atoms with van der Waals surface area (Å²) >= 11 is 8.18. The molecule has 0 aliphatic rings. The summed E-state index contributed by atoms with van der Waals surface area (Å²) < 4.78 is 5.44. The third kappa shape index (κ3) is 6.06. The monoisotopic (exact) mass is 641 g/mol. The molecule has 0 saturated carbocycles. The van der Waals surface area contributed by atoms with Crippen LogP contribution in [0.1, 0.15) is 13.3 Å². The van der Waals surface area contributed by atoms with Crippen LogP contribution in [0.5, 0.6) is 0 Å². The Labute approximate surface area is 240 Å². The van der Waals surface area contributed by atoms with E-state index < -0.39 is 7.92 Å². The predicted octanol–water partition coefficient (Wildman–Crippen LogP) is 8.54. The van der Waals surface area contributed by atoms with Crippen LogP contribution in [0, 0.1) is 0 Å². The van der Waals surface area contributed by atoms with Crippen molar-refractivity contribution in [2.75, 3.05) is 5.75 Å². The molecule has 0 fully saturated rings. The number of oxazole rings is 1. The van der Waals surface area contributed by atoms with Crippen LogP contribution in [0.2, 0.25) is 5.02 Å². The number of thioether (sulfide) groups is 1. The first-order valence-corrected chi connectivity index (χ1v) is 14.3. The van der Waals surface area contributed by atoms with Gasteiger partial charge in [0.2, 0.25) is 0 Å². The number of halogens is 2. The highest BCUT2D eigenvalue weighted by molar-refractivity contribution is 14.0. The van der Waals surface area contributed by atoms with E-state index in [-0.39, 0.29) is 24.0 Å². The smallest absolute Gasteiger partial charge is 0.181 e. The van der Waals surface area contributed by atoms with Gasteiger partial charge in [-0.15, -0.1) is 35.7 Å². The molecule has 36 heavy (non-hydrogen) atoms. The van der Waals surface area contributed by atoms with Crippen LogP contribution in [0.25, 0.3) is 22.4 Å². The molecule has 0 unspecified atom stereocenters. The number of rotatable bonds is 8. The normalized spacial score (nSPS) is 10.9. The fraction of sp³-hybridized carbons (Fsp3) is 0.100. The van der Waals surface area contributed by atoms with Crippen molar-refractivity contribution in [3.05, 3.63) is 115 Å². The summed E-state index contributed by atoms with van der Waals surface area (Å²) in [6.45, 7) is 2.22. The lowest BCUT2D eigenvalue weighted by atomic mass is 9.98. The molecule has 1 heterocycles. The maximum absolute atomic E-state index is 6.29. The van der Waals surface area contributed by atoms with Crippen molar-refractivity contribution >= 4 is 71.2 Å². The highest BCUT2D eigenvalue weighted by atomic mass is 127. The molecule has 0 aliphatic carbocycles. The predicted molar refractivity (Wildman–Crippen MR) is 168 cm³/mol. The van der Waals surface area contributed by atoms with E-state index in [1.807, 2.05) is 23.9 Å². The highest BCUT2D eigenvalue weighted by Gasteiger charge is 2.25. The SMILES string of the molecule is CCCSc1cc(-c2cocn2)c(-c2ccc(Cl)cc2)c(P(c2ccccc2)c2ccccc2)c1.I. The topological polar surface area (TPSA) is 26.0 Å². The van der Waals surface area contributed by atoms with E-state index in [9.17, 15) is 0 Å². The van der Waals surface area contributed by atoms with E-state index in [0.29, 0.717) is 0 Å². The van der Waals surface area contributed by atoms with E-state index in [1.165, 1.54) is 32.8 Å². The van der Waals surface area contributed by atoms with Gasteiger partial charge < -0.3 is 4.42 Å². The van der Waals surface area contributed by atoms with Crippen LogP contribution in [-0.2, 0) is 0 Å². The largest absolute Gasteiger partial charge is 0.451 e. The van der Waals surface area contributed by atoms with Crippen LogP contribution in [0.15, 0.2) is 119 Å². The number of benzene rings is 4. The lowest BCUT2D eigenvalue weighted by Gasteiger charge is -2.25. The second-order valence-corrected chi connectivity index (χ2v) is 11.9. The summed E-state index contributed by atoms with van der Waals surface area (Å²) in [6.07, 6.45) is 4.36. The van der Waals surface area contributed by atoms with E-state index in [0.717, 1.165) is 34.0 Å². The number of aromatic nitrogens is 1. The van der Waals surface area contributed by atoms with Crippen molar-refractivity contribution < 1.29 is 4.42 Å². The van der Waals surface area contributed by atoms with Crippen LogP contribution in [0.4, 0.5) is 0 Å². The van der Waals surface area contributed by atoms with Crippen LogP contribution in [-0.4, -0.2) is 10.7 Å². The first kappa shape index (κ1) is 26.9. The summed E-state index contributed by atoms with van der Waals surface area (Å²) in [5, 5.41) is 4.65. The fourth-order valence-electron chi connectivity index (χ4n) is 4.13. The molecule has 5 aromatic rings. The Bertz CT molecular complexity index is 1340. The van der Waals surface area contributed by atoms with Gasteiger partial charge in [-0.25, -0.2) is 4.98 Å². The lowest BCUT2D eigenvalue weighted by Crippen LogP contribution is -2.23. The van der Waals surface area contributed by atoms with Crippen molar-refractivity contribution in [3.8, 4) is 22.4 Å².